The summed E-state index contributed by atoms with van der Waals surface area (Å²) in [5.41, 5.74) is 6.83. The summed E-state index contributed by atoms with van der Waals surface area (Å²) in [7, 11) is 0. The molecule has 13 nitrogen and oxygen atoms in total. The van der Waals surface area contributed by atoms with Gasteiger partial charge in [-0.25, -0.2) is 14.5 Å². The third kappa shape index (κ3) is 11.8. The van der Waals surface area contributed by atoms with E-state index in [0.717, 1.165) is 0 Å². The number of nitrogens with one attached hydrogen (secondary N) is 1. The van der Waals surface area contributed by atoms with Crippen molar-refractivity contribution in [2.75, 3.05) is 0 Å². The van der Waals surface area contributed by atoms with Crippen molar-refractivity contribution >= 4 is 70.8 Å². The highest BCUT2D eigenvalue weighted by atomic mass is 35.5. The van der Waals surface area contributed by atoms with E-state index < -0.39 is 17.9 Å². The lowest BCUT2D eigenvalue weighted by molar-refractivity contribution is -0.164. The first-order valence-electron chi connectivity index (χ1n) is 19.8. The number of nitrogens with zero attached hydrogens (tertiary/aromatic N) is 2. The van der Waals surface area contributed by atoms with Gasteiger partial charge in [0.15, 0.2) is 0 Å². The van der Waals surface area contributed by atoms with Gasteiger partial charge in [0.1, 0.15) is 35.2 Å². The van der Waals surface area contributed by atoms with Gasteiger partial charge in [-0.3, -0.25) is 14.4 Å². The molecule has 0 unspecified atom stereocenters. The normalized spacial score (nSPS) is 20.0. The number of carbonyl (C=O) groups excluding carboxylic acids is 3. The van der Waals surface area contributed by atoms with Crippen LogP contribution in [0.15, 0.2) is 84.9 Å². The van der Waals surface area contributed by atoms with Crippen molar-refractivity contribution in [3.05, 3.63) is 129 Å². The molecule has 0 saturated heterocycles. The predicted molar refractivity (Wildman–Crippen MR) is 248 cm³/mol. The van der Waals surface area contributed by atoms with E-state index in [2.05, 4.69) is 42.7 Å². The molecule has 340 valence electrons. The molecule has 0 spiro atoms. The Labute approximate surface area is 390 Å². The van der Waals surface area contributed by atoms with Crippen LogP contribution in [-0.4, -0.2) is 53.2 Å². The highest BCUT2D eigenvalue weighted by molar-refractivity contribution is 6.33. The molecule has 2 fully saturated rings. The standard InChI is InChI=1S/C24H25ClN2O4.C15H19ClN2O.C9H8O4.ClH/c1-14(28)30-16-9-7-15(8-10-16)20(29)27-21-23(2,3)22(24(21,4)5)31-17-11-12-19(26-6)18(25)13-17;1-14(2)12(17)15(3,4)13(14)19-9-6-7-11(18-5)10(16)8-9;1-6(10)13-8-4-2-7(3-5-8)9(11)12;/h7-13,21-22H,1-5H3,(H,27,29);6-8,12-13H,17H2,1-4H3;2-5H,1H3,(H,11,12);1H. The highest BCUT2D eigenvalue weighted by Crippen LogP contribution is 2.56. The number of halogens is 3. The van der Waals surface area contributed by atoms with Crippen LogP contribution in [0.4, 0.5) is 11.4 Å². The van der Waals surface area contributed by atoms with Crippen LogP contribution in [0.5, 0.6) is 23.0 Å². The maximum absolute atomic E-state index is 12.8. The minimum atomic E-state index is -1.01. The number of aromatic carboxylic acids is 1. The van der Waals surface area contributed by atoms with E-state index in [0.29, 0.717) is 50.0 Å². The number of ether oxygens (including phenoxy) is 4. The van der Waals surface area contributed by atoms with Crippen LogP contribution in [0, 0.1) is 34.8 Å². The molecule has 2 saturated carbocycles. The molecule has 0 radical (unpaired) electrons. The Hall–Kier alpha value is -5.83. The van der Waals surface area contributed by atoms with Gasteiger partial charge in [-0.05, 0) is 72.8 Å². The molecular formula is C48H53Cl3N4O9. The Bertz CT molecular complexity index is 2410. The van der Waals surface area contributed by atoms with E-state index in [1.165, 1.54) is 38.1 Å². The van der Waals surface area contributed by atoms with Crippen molar-refractivity contribution in [3.63, 3.8) is 0 Å². The number of carbonyl (C=O) groups is 4. The van der Waals surface area contributed by atoms with Crippen molar-refractivity contribution in [1.82, 2.24) is 5.32 Å². The summed E-state index contributed by atoms with van der Waals surface area (Å²) < 4.78 is 22.0. The molecule has 0 heterocycles. The fraction of sp³-hybridized carbons (Fsp3) is 0.375. The van der Waals surface area contributed by atoms with Gasteiger partial charge in [-0.15, -0.1) is 12.4 Å². The lowest BCUT2D eigenvalue weighted by Gasteiger charge is -2.63. The molecule has 1 amide bonds. The molecule has 0 aromatic heterocycles. The van der Waals surface area contributed by atoms with E-state index in [1.807, 2.05) is 27.7 Å². The van der Waals surface area contributed by atoms with Crippen LogP contribution in [-0.2, 0) is 9.59 Å². The average Bonchev–Trinajstić information content (AvgIpc) is 3.21. The van der Waals surface area contributed by atoms with Crippen molar-refractivity contribution in [2.24, 2.45) is 27.4 Å². The zero-order valence-electron chi connectivity index (χ0n) is 37.2. The minimum absolute atomic E-state index is 0. The monoisotopic (exact) mass is 934 g/mol. The summed E-state index contributed by atoms with van der Waals surface area (Å²) in [5, 5.41) is 12.5. The zero-order chi connectivity index (χ0) is 47.2. The first-order chi connectivity index (χ1) is 29.3. The molecule has 4 N–H and O–H groups in total. The minimum Gasteiger partial charge on any atom is -0.489 e. The number of benzene rings is 4. The van der Waals surface area contributed by atoms with Gasteiger partial charge in [-0.2, -0.15) is 0 Å². The summed E-state index contributed by atoms with van der Waals surface area (Å²) in [5.74, 6) is -0.0286. The van der Waals surface area contributed by atoms with Crippen LogP contribution >= 0.6 is 35.6 Å². The van der Waals surface area contributed by atoms with E-state index >= 15 is 0 Å². The van der Waals surface area contributed by atoms with Crippen LogP contribution in [0.2, 0.25) is 10.0 Å². The molecule has 4 aromatic rings. The van der Waals surface area contributed by atoms with Crippen molar-refractivity contribution < 1.29 is 43.2 Å². The second-order valence-electron chi connectivity index (χ2n) is 17.7. The van der Waals surface area contributed by atoms with Gasteiger partial charge in [0, 0.05) is 53.2 Å². The number of hydrogen-bond donors (Lipinski definition) is 3. The van der Waals surface area contributed by atoms with Gasteiger partial charge in [0.05, 0.1) is 28.8 Å². The predicted octanol–water partition coefficient (Wildman–Crippen LogP) is 11.2. The van der Waals surface area contributed by atoms with Crippen LogP contribution in [0.1, 0.15) is 90.0 Å². The van der Waals surface area contributed by atoms with Gasteiger partial charge in [0.25, 0.3) is 5.91 Å². The second kappa shape index (κ2) is 20.8. The molecule has 4 aromatic carbocycles. The summed E-state index contributed by atoms with van der Waals surface area (Å²) >= 11 is 12.2. The summed E-state index contributed by atoms with van der Waals surface area (Å²) in [6.45, 7) is 33.3. The first kappa shape index (κ1) is 52.5. The lowest BCUT2D eigenvalue weighted by atomic mass is 9.49. The van der Waals surface area contributed by atoms with Gasteiger partial charge >= 0.3 is 17.9 Å². The zero-order valence-corrected chi connectivity index (χ0v) is 39.6. The topological polar surface area (TPSA) is 172 Å². The molecule has 2 aliphatic rings. The number of hydrogen-bond acceptors (Lipinski definition) is 9. The van der Waals surface area contributed by atoms with E-state index in [-0.39, 0.29) is 69.8 Å². The molecule has 64 heavy (non-hydrogen) atoms. The number of amides is 1. The molecule has 0 aliphatic heterocycles. The summed E-state index contributed by atoms with van der Waals surface area (Å²) in [4.78, 5) is 51.5. The number of carboxylic acid groups (broad SMARTS) is 1. The fourth-order valence-electron chi connectivity index (χ4n) is 8.71. The molecule has 0 bridgehead atoms. The third-order valence-corrected chi connectivity index (χ3v) is 12.0. The number of rotatable bonds is 9. The Morgan fingerprint density at radius 3 is 1.28 bits per heavy atom. The Kier molecular flexibility index (Phi) is 17.0. The van der Waals surface area contributed by atoms with Crippen molar-refractivity contribution in [2.45, 2.75) is 93.5 Å². The third-order valence-electron chi connectivity index (χ3n) is 11.4. The van der Waals surface area contributed by atoms with Gasteiger partial charge in [-0.1, -0.05) is 90.7 Å². The molecule has 2 aliphatic carbocycles. The maximum atomic E-state index is 12.8. The van der Waals surface area contributed by atoms with Crippen LogP contribution in [0.3, 0.4) is 0 Å². The van der Waals surface area contributed by atoms with Crippen molar-refractivity contribution in [1.29, 1.82) is 0 Å². The first-order valence-corrected chi connectivity index (χ1v) is 20.6. The number of nitrogens with two attached hydrogens (primary N) is 1. The van der Waals surface area contributed by atoms with E-state index in [9.17, 15) is 19.2 Å². The fourth-order valence-corrected chi connectivity index (χ4v) is 9.14. The Morgan fingerprint density at radius 1 is 0.609 bits per heavy atom. The van der Waals surface area contributed by atoms with Gasteiger partial charge < -0.3 is 35.1 Å². The number of esters is 2. The van der Waals surface area contributed by atoms with E-state index in [1.54, 1.807) is 60.7 Å². The van der Waals surface area contributed by atoms with Crippen LogP contribution < -0.4 is 30.0 Å². The maximum Gasteiger partial charge on any atom is 0.335 e. The molecule has 0 atom stereocenters. The summed E-state index contributed by atoms with van der Waals surface area (Å²) in [6.07, 6.45) is -0.142. The molecular weight excluding hydrogens is 883 g/mol. The lowest BCUT2D eigenvalue weighted by Crippen LogP contribution is -2.74. The summed E-state index contributed by atoms with van der Waals surface area (Å²) in [6, 6.07) is 22.2. The Balaban J connectivity index is 0.000000280. The molecule has 6 rings (SSSR count). The SMILES string of the molecule is CC(=O)Oc1ccc(C(=O)O)cc1.Cl.[C-]#[N+]c1ccc(OC2C(C)(C)C(N)C2(C)C)cc1Cl.[C-]#[N+]c1ccc(OC2C(C)(C)C(NC(=O)c3ccc(OC(C)=O)cc3)C2(C)C)cc1Cl. The highest BCUT2D eigenvalue weighted by Gasteiger charge is 2.64. The van der Waals surface area contributed by atoms with Crippen molar-refractivity contribution in [3.8, 4) is 23.0 Å². The average molecular weight is 936 g/mol. The smallest absolute Gasteiger partial charge is 0.335 e. The van der Waals surface area contributed by atoms with Crippen LogP contribution in [0.25, 0.3) is 9.69 Å². The number of carboxylic acids is 1. The molecule has 16 heteroatoms. The largest absolute Gasteiger partial charge is 0.489 e. The second-order valence-corrected chi connectivity index (χ2v) is 18.5. The Morgan fingerprint density at radius 2 is 0.953 bits per heavy atom. The quantitative estimate of drug-likeness (QED) is 0.0833. The van der Waals surface area contributed by atoms with E-state index in [4.69, 9.17) is 66.1 Å². The van der Waals surface area contributed by atoms with Gasteiger partial charge in [0.2, 0.25) is 11.4 Å².